The maximum Gasteiger partial charge on any atom is 0.250 e. The van der Waals surface area contributed by atoms with Gasteiger partial charge < -0.3 is 16.2 Å². The van der Waals surface area contributed by atoms with E-state index in [4.69, 9.17) is 16.2 Å². The van der Waals surface area contributed by atoms with Crippen molar-refractivity contribution in [1.82, 2.24) is 4.98 Å². The van der Waals surface area contributed by atoms with Crippen LogP contribution in [-0.4, -0.2) is 23.5 Å². The van der Waals surface area contributed by atoms with E-state index in [1.54, 1.807) is 18.3 Å². The topological polar surface area (TPSA) is 91.2 Å². The van der Waals surface area contributed by atoms with Gasteiger partial charge in [-0.1, -0.05) is 0 Å². The monoisotopic (exact) mass is 287 g/mol. The lowest BCUT2D eigenvalue weighted by atomic mass is 10.00. The number of amides is 1. The summed E-state index contributed by atoms with van der Waals surface area (Å²) >= 11 is 0. The van der Waals surface area contributed by atoms with Crippen molar-refractivity contribution in [2.75, 3.05) is 6.54 Å². The minimum absolute atomic E-state index is 0.233. The second-order valence-corrected chi connectivity index (χ2v) is 4.91. The molecule has 1 aromatic carbocycles. The number of ether oxygens (including phenoxy) is 1. The summed E-state index contributed by atoms with van der Waals surface area (Å²) in [6.45, 7) is 0.313. The highest BCUT2D eigenvalue weighted by molar-refractivity contribution is 5.94. The van der Waals surface area contributed by atoms with Gasteiger partial charge in [0.1, 0.15) is 17.7 Å². The van der Waals surface area contributed by atoms with Crippen molar-refractivity contribution < 1.29 is 13.9 Å². The molecule has 1 aliphatic rings. The molecule has 2 heterocycles. The van der Waals surface area contributed by atoms with E-state index in [1.165, 1.54) is 12.3 Å². The number of carbonyl (C=O) groups is 1. The molecule has 0 fully saturated rings. The van der Waals surface area contributed by atoms with Crippen LogP contribution < -0.4 is 16.2 Å². The number of primary amides is 1. The summed E-state index contributed by atoms with van der Waals surface area (Å²) in [6.07, 6.45) is 3.18. The average molecular weight is 287 g/mol. The van der Waals surface area contributed by atoms with Gasteiger partial charge in [-0.3, -0.25) is 9.78 Å². The van der Waals surface area contributed by atoms with E-state index in [-0.39, 0.29) is 11.9 Å². The maximum absolute atomic E-state index is 13.9. The molecule has 0 radical (unpaired) electrons. The lowest BCUT2D eigenvalue weighted by Gasteiger charge is -2.11. The summed E-state index contributed by atoms with van der Waals surface area (Å²) in [5, 5.41) is 0. The first-order chi connectivity index (χ1) is 10.1. The zero-order valence-corrected chi connectivity index (χ0v) is 11.2. The number of aromatic nitrogens is 1. The molecular formula is C15H14FN3O2. The first kappa shape index (κ1) is 13.5. The third-order valence-electron chi connectivity index (χ3n) is 3.52. The molecule has 0 saturated heterocycles. The van der Waals surface area contributed by atoms with Gasteiger partial charge in [0.25, 0.3) is 0 Å². The SMILES string of the molecule is NCC1Cc2c(F)ccc(-c3cncc(C(N)=O)c3)c2O1. The van der Waals surface area contributed by atoms with Crippen LogP contribution in [0.5, 0.6) is 5.75 Å². The first-order valence-corrected chi connectivity index (χ1v) is 6.53. The number of carbonyl (C=O) groups excluding carboxylic acids is 1. The minimum Gasteiger partial charge on any atom is -0.488 e. The van der Waals surface area contributed by atoms with Crippen molar-refractivity contribution in [3.05, 3.63) is 47.5 Å². The van der Waals surface area contributed by atoms with Crippen LogP contribution in [0.2, 0.25) is 0 Å². The average Bonchev–Trinajstić information content (AvgIpc) is 2.93. The first-order valence-electron chi connectivity index (χ1n) is 6.53. The third-order valence-corrected chi connectivity index (χ3v) is 3.52. The van der Waals surface area contributed by atoms with Gasteiger partial charge in [0.2, 0.25) is 5.91 Å². The van der Waals surface area contributed by atoms with Crippen molar-refractivity contribution in [1.29, 1.82) is 0 Å². The molecule has 5 nitrogen and oxygen atoms in total. The lowest BCUT2D eigenvalue weighted by molar-refractivity contribution is 0.1000. The van der Waals surface area contributed by atoms with Gasteiger partial charge in [0.05, 0.1) is 5.56 Å². The smallest absolute Gasteiger partial charge is 0.250 e. The van der Waals surface area contributed by atoms with Crippen LogP contribution in [0.4, 0.5) is 4.39 Å². The van der Waals surface area contributed by atoms with Gasteiger partial charge in [0, 0.05) is 42.0 Å². The highest BCUT2D eigenvalue weighted by Crippen LogP contribution is 2.40. The fourth-order valence-corrected chi connectivity index (χ4v) is 2.45. The minimum atomic E-state index is -0.566. The molecular weight excluding hydrogens is 273 g/mol. The molecule has 2 aromatic rings. The predicted molar refractivity (Wildman–Crippen MR) is 75.3 cm³/mol. The molecule has 0 saturated carbocycles. The lowest BCUT2D eigenvalue weighted by Crippen LogP contribution is -2.24. The van der Waals surface area contributed by atoms with Crippen molar-refractivity contribution in [3.63, 3.8) is 0 Å². The zero-order chi connectivity index (χ0) is 15.0. The van der Waals surface area contributed by atoms with E-state index in [9.17, 15) is 9.18 Å². The molecule has 1 atom stereocenters. The summed E-state index contributed by atoms with van der Waals surface area (Å²) in [4.78, 5) is 15.2. The molecule has 1 aliphatic heterocycles. The number of rotatable bonds is 3. The molecule has 3 rings (SSSR count). The number of pyridine rings is 1. The Balaban J connectivity index is 2.11. The summed E-state index contributed by atoms with van der Waals surface area (Å²) in [5.74, 6) is -0.415. The normalized spacial score (nSPS) is 16.4. The second kappa shape index (κ2) is 5.14. The van der Waals surface area contributed by atoms with Gasteiger partial charge in [-0.05, 0) is 18.2 Å². The van der Waals surface area contributed by atoms with Gasteiger partial charge in [0.15, 0.2) is 0 Å². The Bertz CT molecular complexity index is 718. The molecule has 4 N–H and O–H groups in total. The van der Waals surface area contributed by atoms with E-state index in [2.05, 4.69) is 4.98 Å². The number of benzene rings is 1. The van der Waals surface area contributed by atoms with Gasteiger partial charge >= 0.3 is 0 Å². The molecule has 108 valence electrons. The highest BCUT2D eigenvalue weighted by atomic mass is 19.1. The number of hydrogen-bond donors (Lipinski definition) is 2. The summed E-state index contributed by atoms with van der Waals surface area (Å²) in [7, 11) is 0. The van der Waals surface area contributed by atoms with E-state index < -0.39 is 5.91 Å². The van der Waals surface area contributed by atoms with Crippen molar-refractivity contribution >= 4 is 5.91 Å². The standard InChI is InChI=1S/C15H14FN3O2/c16-13-2-1-11(14-12(13)4-10(5-17)21-14)8-3-9(15(18)20)7-19-6-8/h1-3,6-7,10H,4-5,17H2,(H2,18,20). The van der Waals surface area contributed by atoms with E-state index in [0.717, 1.165) is 0 Å². The second-order valence-electron chi connectivity index (χ2n) is 4.91. The zero-order valence-electron chi connectivity index (χ0n) is 11.2. The third kappa shape index (κ3) is 2.34. The highest BCUT2D eigenvalue weighted by Gasteiger charge is 2.28. The number of fused-ring (bicyclic) bond motifs is 1. The van der Waals surface area contributed by atoms with Crippen molar-refractivity contribution in [3.8, 4) is 16.9 Å². The van der Waals surface area contributed by atoms with Gasteiger partial charge in [-0.25, -0.2) is 4.39 Å². The van der Waals surface area contributed by atoms with Crippen LogP contribution in [-0.2, 0) is 6.42 Å². The summed E-state index contributed by atoms with van der Waals surface area (Å²) < 4.78 is 19.6. The fourth-order valence-electron chi connectivity index (χ4n) is 2.45. The van der Waals surface area contributed by atoms with Crippen LogP contribution in [0.1, 0.15) is 15.9 Å². The predicted octanol–water partition coefficient (Wildman–Crippen LogP) is 1.25. The molecule has 6 heteroatoms. The Morgan fingerprint density at radius 1 is 1.43 bits per heavy atom. The van der Waals surface area contributed by atoms with Crippen LogP contribution in [0.3, 0.4) is 0 Å². The molecule has 1 aromatic heterocycles. The molecule has 0 aliphatic carbocycles. The van der Waals surface area contributed by atoms with Gasteiger partial charge in [-0.2, -0.15) is 0 Å². The van der Waals surface area contributed by atoms with Gasteiger partial charge in [-0.15, -0.1) is 0 Å². The maximum atomic E-state index is 13.9. The summed E-state index contributed by atoms with van der Waals surface area (Å²) in [6, 6.07) is 4.60. The van der Waals surface area contributed by atoms with E-state index in [1.807, 2.05) is 0 Å². The van der Waals surface area contributed by atoms with E-state index >= 15 is 0 Å². The molecule has 0 bridgehead atoms. The fraction of sp³-hybridized carbons (Fsp3) is 0.200. The molecule has 0 spiro atoms. The summed E-state index contributed by atoms with van der Waals surface area (Å²) in [5.41, 5.74) is 13.0. The molecule has 1 unspecified atom stereocenters. The van der Waals surface area contributed by atoms with E-state index in [0.29, 0.717) is 41.0 Å². The Morgan fingerprint density at radius 2 is 2.24 bits per heavy atom. The quantitative estimate of drug-likeness (QED) is 0.888. The van der Waals surface area contributed by atoms with Crippen molar-refractivity contribution in [2.24, 2.45) is 11.5 Å². The largest absolute Gasteiger partial charge is 0.488 e. The Labute approximate surface area is 120 Å². The van der Waals surface area contributed by atoms with Crippen LogP contribution in [0, 0.1) is 5.82 Å². The number of hydrogen-bond acceptors (Lipinski definition) is 4. The van der Waals surface area contributed by atoms with Crippen molar-refractivity contribution in [2.45, 2.75) is 12.5 Å². The number of halogens is 1. The Hall–Kier alpha value is -2.47. The van der Waals surface area contributed by atoms with Crippen LogP contribution >= 0.6 is 0 Å². The van der Waals surface area contributed by atoms with Crippen LogP contribution in [0.25, 0.3) is 11.1 Å². The molecule has 21 heavy (non-hydrogen) atoms. The number of nitrogens with zero attached hydrogens (tertiary/aromatic N) is 1. The number of nitrogens with two attached hydrogens (primary N) is 2. The Morgan fingerprint density at radius 3 is 2.95 bits per heavy atom. The molecule has 1 amide bonds. The van der Waals surface area contributed by atoms with Crippen LogP contribution in [0.15, 0.2) is 30.6 Å². The Kier molecular flexibility index (Phi) is 3.31.